The lowest BCUT2D eigenvalue weighted by molar-refractivity contribution is -0.153. The van der Waals surface area contributed by atoms with E-state index in [0.29, 0.717) is 13.1 Å². The van der Waals surface area contributed by atoms with Crippen LogP contribution in [0.25, 0.3) is 0 Å². The Kier molecular flexibility index (Phi) is 5.19. The lowest BCUT2D eigenvalue weighted by Crippen LogP contribution is -2.49. The molecule has 1 atom stereocenters. The average molecular weight is 309 g/mol. The van der Waals surface area contributed by atoms with Gasteiger partial charge in [0.15, 0.2) is 0 Å². The minimum atomic E-state index is -0.817. The molecule has 1 fully saturated rings. The zero-order valence-electron chi connectivity index (χ0n) is 13.4. The van der Waals surface area contributed by atoms with Crippen molar-refractivity contribution in [3.63, 3.8) is 0 Å². The fraction of sp³-hybridized carbons (Fsp3) is 0.588. The number of aliphatic hydroxyl groups excluding tert-OH is 1. The Bertz CT molecular complexity index is 507. The third kappa shape index (κ3) is 3.65. The minimum Gasteiger partial charge on any atom is -0.388 e. The van der Waals surface area contributed by atoms with Gasteiger partial charge in [-0.25, -0.2) is 4.39 Å². The number of methoxy groups -OCH3 is 1. The summed E-state index contributed by atoms with van der Waals surface area (Å²) in [5.74, 6) is -0.247. The molecule has 0 spiro atoms. The first-order valence-corrected chi connectivity index (χ1v) is 7.63. The Morgan fingerprint density at radius 3 is 2.36 bits per heavy atom. The molecule has 0 radical (unpaired) electrons. The topological polar surface area (TPSA) is 49.8 Å². The number of carbonyl (C=O) groups is 1. The normalized spacial score (nSPS) is 18.3. The van der Waals surface area contributed by atoms with Gasteiger partial charge >= 0.3 is 0 Å². The third-order valence-corrected chi connectivity index (χ3v) is 4.51. The molecule has 0 aromatic heterocycles. The summed E-state index contributed by atoms with van der Waals surface area (Å²) in [6, 6.07) is 5.95. The van der Waals surface area contributed by atoms with E-state index in [2.05, 4.69) is 0 Å². The first kappa shape index (κ1) is 16.9. The molecule has 22 heavy (non-hydrogen) atoms. The highest BCUT2D eigenvalue weighted by Crippen LogP contribution is 2.31. The van der Waals surface area contributed by atoms with Crippen molar-refractivity contribution in [3.8, 4) is 0 Å². The second-order valence-corrected chi connectivity index (χ2v) is 6.34. The second-order valence-electron chi connectivity index (χ2n) is 6.34. The number of ether oxygens (including phenoxy) is 1. The molecule has 5 heteroatoms. The molecule has 1 heterocycles. The van der Waals surface area contributed by atoms with E-state index in [1.54, 1.807) is 30.9 Å². The summed E-state index contributed by atoms with van der Waals surface area (Å²) in [5, 5.41) is 10.4. The molecular formula is C17H24FNO3. The van der Waals surface area contributed by atoms with Crippen LogP contribution in [-0.4, -0.2) is 41.7 Å². The summed E-state index contributed by atoms with van der Waals surface area (Å²) in [6.45, 7) is 4.73. The quantitative estimate of drug-likeness (QED) is 0.930. The highest BCUT2D eigenvalue weighted by molar-refractivity contribution is 5.84. The first-order chi connectivity index (χ1) is 10.3. The van der Waals surface area contributed by atoms with E-state index in [9.17, 15) is 14.3 Å². The van der Waals surface area contributed by atoms with Gasteiger partial charge in [0.05, 0.1) is 6.10 Å². The molecule has 1 aromatic carbocycles. The molecule has 0 bridgehead atoms. The molecule has 122 valence electrons. The van der Waals surface area contributed by atoms with Gasteiger partial charge in [-0.15, -0.1) is 0 Å². The summed E-state index contributed by atoms with van der Waals surface area (Å²) in [5.41, 5.74) is -0.0917. The van der Waals surface area contributed by atoms with Gasteiger partial charge in [0.25, 0.3) is 5.91 Å². The number of hydrogen-bond acceptors (Lipinski definition) is 3. The Morgan fingerprint density at radius 1 is 1.32 bits per heavy atom. The lowest BCUT2D eigenvalue weighted by Gasteiger charge is -2.37. The molecule has 1 unspecified atom stereocenters. The number of nitrogens with zero attached hydrogens (tertiary/aromatic N) is 1. The van der Waals surface area contributed by atoms with Crippen LogP contribution in [0.15, 0.2) is 24.3 Å². The van der Waals surface area contributed by atoms with Gasteiger partial charge in [0, 0.05) is 20.2 Å². The van der Waals surface area contributed by atoms with Gasteiger partial charge < -0.3 is 14.7 Å². The van der Waals surface area contributed by atoms with Gasteiger partial charge in [-0.05, 0) is 50.3 Å². The number of likely N-dealkylation sites (tertiary alicyclic amines) is 1. The fourth-order valence-electron chi connectivity index (χ4n) is 2.82. The molecule has 0 aliphatic carbocycles. The monoisotopic (exact) mass is 309 g/mol. The number of rotatable bonds is 4. The zero-order chi connectivity index (χ0) is 16.3. The van der Waals surface area contributed by atoms with Crippen LogP contribution in [0.1, 0.15) is 38.4 Å². The van der Waals surface area contributed by atoms with E-state index in [1.807, 2.05) is 0 Å². The van der Waals surface area contributed by atoms with Crippen molar-refractivity contribution >= 4 is 5.91 Å². The minimum absolute atomic E-state index is 0.0234. The molecule has 4 nitrogen and oxygen atoms in total. The van der Waals surface area contributed by atoms with Crippen LogP contribution in [0.2, 0.25) is 0 Å². The van der Waals surface area contributed by atoms with Crippen molar-refractivity contribution in [1.82, 2.24) is 4.90 Å². The smallest absolute Gasteiger partial charge is 0.254 e. The van der Waals surface area contributed by atoms with Crippen molar-refractivity contribution in [3.05, 3.63) is 35.6 Å². The van der Waals surface area contributed by atoms with Crippen molar-refractivity contribution in [2.24, 2.45) is 5.92 Å². The molecule has 1 aromatic rings. The van der Waals surface area contributed by atoms with Crippen LogP contribution in [0, 0.1) is 11.7 Å². The number of aliphatic hydroxyl groups is 1. The number of benzene rings is 1. The molecule has 1 aliphatic rings. The molecular weight excluding hydrogens is 285 g/mol. The van der Waals surface area contributed by atoms with Crippen molar-refractivity contribution in [1.29, 1.82) is 0 Å². The number of hydrogen-bond donors (Lipinski definition) is 1. The highest BCUT2D eigenvalue weighted by atomic mass is 19.1. The van der Waals surface area contributed by atoms with E-state index < -0.39 is 11.7 Å². The first-order valence-electron chi connectivity index (χ1n) is 7.63. The summed E-state index contributed by atoms with van der Waals surface area (Å²) in [6.07, 6.45) is 0.835. The van der Waals surface area contributed by atoms with E-state index in [-0.39, 0.29) is 17.6 Å². The van der Waals surface area contributed by atoms with E-state index in [0.717, 1.165) is 18.4 Å². The largest absolute Gasteiger partial charge is 0.388 e. The zero-order valence-corrected chi connectivity index (χ0v) is 13.4. The standard InChI is InChI=1S/C17H24FNO3/c1-17(2,22-3)16(21)19-10-8-13(9-11-19)15(20)12-4-6-14(18)7-5-12/h4-7,13,15,20H,8-11H2,1-3H3. The Balaban J connectivity index is 1.94. The van der Waals surface area contributed by atoms with Gasteiger partial charge in [0.1, 0.15) is 11.4 Å². The summed E-state index contributed by atoms with van der Waals surface area (Å²) in [7, 11) is 1.53. The summed E-state index contributed by atoms with van der Waals surface area (Å²) >= 11 is 0. The second kappa shape index (κ2) is 6.75. The van der Waals surface area contributed by atoms with Gasteiger partial charge in [-0.3, -0.25) is 4.79 Å². The fourth-order valence-corrected chi connectivity index (χ4v) is 2.82. The van der Waals surface area contributed by atoms with Crippen LogP contribution in [0.4, 0.5) is 4.39 Å². The van der Waals surface area contributed by atoms with Gasteiger partial charge in [0.2, 0.25) is 0 Å². The maximum absolute atomic E-state index is 12.9. The molecule has 1 aliphatic heterocycles. The van der Waals surface area contributed by atoms with Crippen molar-refractivity contribution in [2.75, 3.05) is 20.2 Å². The van der Waals surface area contributed by atoms with Gasteiger partial charge in [-0.1, -0.05) is 12.1 Å². The predicted molar refractivity (Wildman–Crippen MR) is 81.8 cm³/mol. The molecule has 1 N–H and O–H groups in total. The van der Waals surface area contributed by atoms with E-state index >= 15 is 0 Å². The third-order valence-electron chi connectivity index (χ3n) is 4.51. The SMILES string of the molecule is COC(C)(C)C(=O)N1CCC(C(O)c2ccc(F)cc2)CC1. The van der Waals surface area contributed by atoms with Crippen LogP contribution in [0.5, 0.6) is 0 Å². The molecule has 0 saturated carbocycles. The van der Waals surface area contributed by atoms with Crippen molar-refractivity contribution in [2.45, 2.75) is 38.4 Å². The van der Waals surface area contributed by atoms with Crippen LogP contribution < -0.4 is 0 Å². The highest BCUT2D eigenvalue weighted by Gasteiger charge is 2.35. The maximum atomic E-state index is 12.9. The number of amides is 1. The van der Waals surface area contributed by atoms with E-state index in [1.165, 1.54) is 19.2 Å². The number of carbonyl (C=O) groups excluding carboxylic acids is 1. The summed E-state index contributed by atoms with van der Waals surface area (Å²) in [4.78, 5) is 14.1. The van der Waals surface area contributed by atoms with Gasteiger partial charge in [-0.2, -0.15) is 0 Å². The summed E-state index contributed by atoms with van der Waals surface area (Å²) < 4.78 is 18.2. The van der Waals surface area contributed by atoms with E-state index in [4.69, 9.17) is 4.74 Å². The Labute approximate surface area is 130 Å². The Hall–Kier alpha value is -1.46. The maximum Gasteiger partial charge on any atom is 0.254 e. The van der Waals surface area contributed by atoms with Crippen LogP contribution in [-0.2, 0) is 9.53 Å². The van der Waals surface area contributed by atoms with Crippen LogP contribution in [0.3, 0.4) is 0 Å². The van der Waals surface area contributed by atoms with Crippen molar-refractivity contribution < 1.29 is 19.0 Å². The molecule has 1 amide bonds. The average Bonchev–Trinajstić information content (AvgIpc) is 2.54. The number of halogens is 1. The predicted octanol–water partition coefficient (Wildman–Crippen LogP) is 2.52. The number of piperidine rings is 1. The lowest BCUT2D eigenvalue weighted by atomic mass is 9.87. The van der Waals surface area contributed by atoms with Crippen LogP contribution >= 0.6 is 0 Å². The molecule has 1 saturated heterocycles. The Morgan fingerprint density at radius 2 is 1.86 bits per heavy atom. The molecule has 2 rings (SSSR count).